The lowest BCUT2D eigenvalue weighted by Crippen LogP contribution is -2.18. The molecule has 0 aliphatic rings. The molecule has 1 aromatic heterocycles. The lowest BCUT2D eigenvalue weighted by Gasteiger charge is -2.22. The number of halogens is 2. The number of rotatable bonds is 9. The fourth-order valence-electron chi connectivity index (χ4n) is 3.69. The summed E-state index contributed by atoms with van der Waals surface area (Å²) in [6.07, 6.45) is 0.902. The van der Waals surface area contributed by atoms with E-state index in [1.807, 2.05) is 37.3 Å². The Balaban J connectivity index is 1.58. The number of carbonyl (C=O) groups excluding carboxylic acids is 1. The molecular weight excluding hydrogens is 489 g/mol. The molecule has 0 aliphatic heterocycles. The summed E-state index contributed by atoms with van der Waals surface area (Å²) in [5, 5.41) is 2.18. The molecule has 7 heteroatoms. The lowest BCUT2D eigenvalue weighted by molar-refractivity contribution is 0.0491. The highest BCUT2D eigenvalue weighted by Gasteiger charge is 2.20. The normalized spacial score (nSPS) is 11.3. The molecule has 0 atom stereocenters. The van der Waals surface area contributed by atoms with Gasteiger partial charge in [-0.3, -0.25) is 0 Å². The smallest absolute Gasteiger partial charge is 0.374 e. The number of hydrogen-bond donors (Lipinski definition) is 0. The Kier molecular flexibility index (Phi) is 8.22. The second kappa shape index (κ2) is 11.3. The first-order chi connectivity index (χ1) is 16.4. The second-order valence-electron chi connectivity index (χ2n) is 7.86. The van der Waals surface area contributed by atoms with E-state index < -0.39 is 5.97 Å². The molecule has 0 radical (unpaired) electrons. The van der Waals surface area contributed by atoms with Crippen molar-refractivity contribution < 1.29 is 13.9 Å². The number of fused-ring (bicyclic) bond motifs is 1. The zero-order chi connectivity index (χ0) is 24.1. The Morgan fingerprint density at radius 2 is 1.85 bits per heavy atom. The molecule has 4 aromatic rings. The molecule has 0 aliphatic carbocycles. The van der Waals surface area contributed by atoms with Crippen molar-refractivity contribution >= 4 is 52.1 Å². The van der Waals surface area contributed by atoms with E-state index in [9.17, 15) is 4.79 Å². The van der Waals surface area contributed by atoms with Crippen LogP contribution in [-0.2, 0) is 17.7 Å². The summed E-state index contributed by atoms with van der Waals surface area (Å²) in [7, 11) is 0. The predicted molar refractivity (Wildman–Crippen MR) is 140 cm³/mol. The molecule has 0 N–H and O–H groups in total. The summed E-state index contributed by atoms with van der Waals surface area (Å²) < 4.78 is 13.2. The average molecular weight is 514 g/mol. The van der Waals surface area contributed by atoms with Crippen molar-refractivity contribution in [3.05, 3.63) is 99.2 Å². The SMILES string of the molecule is CCOC(=O)c1oc2ccc(SN(CCc3ccccc3)Cc3ccc(Cl)cc3Cl)cc2c1C. The molecule has 0 bridgehead atoms. The molecular formula is C27H25Cl2NO3S. The van der Waals surface area contributed by atoms with Gasteiger partial charge in [-0.05, 0) is 73.7 Å². The van der Waals surface area contributed by atoms with Gasteiger partial charge in [-0.25, -0.2) is 9.10 Å². The van der Waals surface area contributed by atoms with Gasteiger partial charge in [-0.2, -0.15) is 0 Å². The quantitative estimate of drug-likeness (QED) is 0.167. The largest absolute Gasteiger partial charge is 0.460 e. The molecule has 176 valence electrons. The minimum Gasteiger partial charge on any atom is -0.460 e. The average Bonchev–Trinajstić information content (AvgIpc) is 3.16. The van der Waals surface area contributed by atoms with Crippen molar-refractivity contribution in [3.63, 3.8) is 0 Å². The molecule has 4 nitrogen and oxygen atoms in total. The molecule has 1 heterocycles. The summed E-state index contributed by atoms with van der Waals surface area (Å²) >= 11 is 14.2. The Bertz CT molecular complexity index is 1290. The highest BCUT2D eigenvalue weighted by Crippen LogP contribution is 2.33. The monoisotopic (exact) mass is 513 g/mol. The molecule has 4 rings (SSSR count). The number of carbonyl (C=O) groups is 1. The summed E-state index contributed by atoms with van der Waals surface area (Å²) in [5.41, 5.74) is 3.74. The molecule has 0 saturated heterocycles. The number of hydrogen-bond acceptors (Lipinski definition) is 5. The van der Waals surface area contributed by atoms with Gasteiger partial charge in [0, 0.05) is 39.0 Å². The molecule has 0 spiro atoms. The molecule has 0 unspecified atom stereocenters. The van der Waals surface area contributed by atoms with Crippen LogP contribution in [0.1, 0.15) is 34.2 Å². The van der Waals surface area contributed by atoms with Crippen LogP contribution in [0.25, 0.3) is 11.0 Å². The summed E-state index contributed by atoms with van der Waals surface area (Å²) in [6.45, 7) is 5.45. The van der Waals surface area contributed by atoms with Gasteiger partial charge in [-0.15, -0.1) is 0 Å². The van der Waals surface area contributed by atoms with E-state index in [0.717, 1.165) is 34.4 Å². The third-order valence-corrected chi connectivity index (χ3v) is 7.08. The van der Waals surface area contributed by atoms with Crippen molar-refractivity contribution in [1.82, 2.24) is 4.31 Å². The molecule has 34 heavy (non-hydrogen) atoms. The number of esters is 1. The summed E-state index contributed by atoms with van der Waals surface area (Å²) in [6, 6.07) is 22.0. The van der Waals surface area contributed by atoms with Gasteiger partial charge in [-0.1, -0.05) is 59.6 Å². The van der Waals surface area contributed by atoms with Crippen molar-refractivity contribution in [2.24, 2.45) is 0 Å². The molecule has 0 saturated carbocycles. The lowest BCUT2D eigenvalue weighted by atomic mass is 10.1. The summed E-state index contributed by atoms with van der Waals surface area (Å²) in [5.74, 6) is -0.180. The third-order valence-electron chi connectivity index (χ3n) is 5.46. The van der Waals surface area contributed by atoms with Crippen LogP contribution in [0.3, 0.4) is 0 Å². The third kappa shape index (κ3) is 5.97. The van der Waals surface area contributed by atoms with Gasteiger partial charge in [0.1, 0.15) is 5.58 Å². The Labute approximate surface area is 213 Å². The fraction of sp³-hybridized carbons (Fsp3) is 0.222. The summed E-state index contributed by atoms with van der Waals surface area (Å²) in [4.78, 5) is 13.3. The fourth-order valence-corrected chi connectivity index (χ4v) is 5.14. The van der Waals surface area contributed by atoms with Crippen LogP contribution in [0.15, 0.2) is 76.0 Å². The first-order valence-corrected chi connectivity index (χ1v) is 12.6. The Morgan fingerprint density at radius 1 is 1.06 bits per heavy atom. The van der Waals surface area contributed by atoms with Gasteiger partial charge < -0.3 is 9.15 Å². The van der Waals surface area contributed by atoms with Gasteiger partial charge in [0.05, 0.1) is 6.61 Å². The van der Waals surface area contributed by atoms with Crippen LogP contribution in [0, 0.1) is 6.92 Å². The van der Waals surface area contributed by atoms with Crippen LogP contribution in [0.2, 0.25) is 10.0 Å². The van der Waals surface area contributed by atoms with E-state index >= 15 is 0 Å². The number of furan rings is 1. The maximum atomic E-state index is 12.2. The minimum absolute atomic E-state index is 0.257. The van der Waals surface area contributed by atoms with E-state index in [0.29, 0.717) is 28.8 Å². The second-order valence-corrected chi connectivity index (χ2v) is 9.87. The topological polar surface area (TPSA) is 42.7 Å². The van der Waals surface area contributed by atoms with Crippen molar-refractivity contribution in [1.29, 1.82) is 0 Å². The van der Waals surface area contributed by atoms with E-state index in [-0.39, 0.29) is 5.76 Å². The number of nitrogens with zero attached hydrogens (tertiary/aromatic N) is 1. The van der Waals surface area contributed by atoms with Crippen LogP contribution in [-0.4, -0.2) is 23.4 Å². The maximum absolute atomic E-state index is 12.2. The number of aryl methyl sites for hydroxylation is 1. The van der Waals surface area contributed by atoms with Crippen LogP contribution >= 0.6 is 35.1 Å². The van der Waals surface area contributed by atoms with Gasteiger partial charge in [0.25, 0.3) is 0 Å². The van der Waals surface area contributed by atoms with Gasteiger partial charge in [0.2, 0.25) is 5.76 Å². The standard InChI is InChI=1S/C27H25Cl2NO3S/c1-3-32-27(31)26-18(2)23-16-22(11-12-25(23)33-26)34-30(14-13-19-7-5-4-6-8-19)17-20-9-10-21(28)15-24(20)29/h4-12,15-16H,3,13-14,17H2,1-2H3. The highest BCUT2D eigenvalue weighted by molar-refractivity contribution is 7.97. The minimum atomic E-state index is -0.438. The van der Waals surface area contributed by atoms with Gasteiger partial charge in [0.15, 0.2) is 0 Å². The maximum Gasteiger partial charge on any atom is 0.374 e. The van der Waals surface area contributed by atoms with Gasteiger partial charge >= 0.3 is 5.97 Å². The zero-order valence-electron chi connectivity index (χ0n) is 19.0. The highest BCUT2D eigenvalue weighted by atomic mass is 35.5. The van der Waals surface area contributed by atoms with Crippen molar-refractivity contribution in [2.75, 3.05) is 13.2 Å². The molecule has 0 amide bonds. The predicted octanol–water partition coefficient (Wildman–Crippen LogP) is 7.98. The van der Waals surface area contributed by atoms with Crippen LogP contribution in [0.4, 0.5) is 0 Å². The van der Waals surface area contributed by atoms with E-state index in [1.54, 1.807) is 24.9 Å². The Morgan fingerprint density at radius 3 is 2.59 bits per heavy atom. The van der Waals surface area contributed by atoms with E-state index in [2.05, 4.69) is 34.6 Å². The Hall–Kier alpha value is -2.44. The van der Waals surface area contributed by atoms with E-state index in [1.165, 1.54) is 5.56 Å². The van der Waals surface area contributed by atoms with Crippen LogP contribution < -0.4 is 0 Å². The first-order valence-electron chi connectivity index (χ1n) is 11.1. The zero-order valence-corrected chi connectivity index (χ0v) is 21.3. The molecule has 3 aromatic carbocycles. The molecule has 0 fully saturated rings. The first kappa shape index (κ1) is 24.7. The van der Waals surface area contributed by atoms with E-state index in [4.69, 9.17) is 32.4 Å². The number of ether oxygens (including phenoxy) is 1. The van der Waals surface area contributed by atoms with Crippen molar-refractivity contribution in [3.8, 4) is 0 Å². The van der Waals surface area contributed by atoms with Crippen molar-refractivity contribution in [2.45, 2.75) is 31.7 Å². The number of benzene rings is 3. The van der Waals surface area contributed by atoms with Crippen LogP contribution in [0.5, 0.6) is 0 Å².